The average molecular weight is 475 g/mol. The molecule has 3 aliphatic rings. The number of nitrogens with zero attached hydrogens (tertiary/aromatic N) is 4. The maximum absolute atomic E-state index is 12.8. The van der Waals surface area contributed by atoms with E-state index in [1.165, 1.54) is 6.07 Å². The SMILES string of the molecule is CC(=O)N1CCC(N2C[C@H]3C[C@H](C2)c2c(NC(=O)Nc4cccc(C#N)c4)ccc(=O)n2C3)CC1. The van der Waals surface area contributed by atoms with E-state index in [9.17, 15) is 14.4 Å². The van der Waals surface area contributed by atoms with Crippen LogP contribution in [0.2, 0.25) is 0 Å². The van der Waals surface area contributed by atoms with Crippen LogP contribution in [0.5, 0.6) is 0 Å². The lowest BCUT2D eigenvalue weighted by Gasteiger charge is -2.47. The number of hydrogen-bond acceptors (Lipinski definition) is 5. The molecule has 0 aliphatic carbocycles. The number of amides is 3. The molecular weight excluding hydrogens is 444 g/mol. The Kier molecular flexibility index (Phi) is 6.31. The van der Waals surface area contributed by atoms with Gasteiger partial charge in [-0.05, 0) is 49.4 Å². The molecule has 0 radical (unpaired) electrons. The number of nitriles is 1. The van der Waals surface area contributed by atoms with Crippen LogP contribution in [0, 0.1) is 17.2 Å². The van der Waals surface area contributed by atoms with Crippen LogP contribution in [0.25, 0.3) is 0 Å². The first-order valence-corrected chi connectivity index (χ1v) is 12.2. The molecule has 2 N–H and O–H groups in total. The number of anilines is 2. The third-order valence-corrected chi connectivity index (χ3v) is 7.54. The Labute approximate surface area is 204 Å². The van der Waals surface area contributed by atoms with Crippen molar-refractivity contribution in [3.05, 3.63) is 58.0 Å². The number of carbonyl (C=O) groups excluding carboxylic acids is 2. The highest BCUT2D eigenvalue weighted by atomic mass is 16.2. The zero-order valence-corrected chi connectivity index (χ0v) is 19.9. The van der Waals surface area contributed by atoms with Crippen LogP contribution in [-0.2, 0) is 11.3 Å². The van der Waals surface area contributed by atoms with Gasteiger partial charge in [0.25, 0.3) is 5.56 Å². The van der Waals surface area contributed by atoms with Crippen molar-refractivity contribution >= 4 is 23.3 Å². The lowest BCUT2D eigenvalue weighted by Crippen LogP contribution is -2.53. The first-order valence-electron chi connectivity index (χ1n) is 12.2. The third kappa shape index (κ3) is 4.80. The Bertz CT molecular complexity index is 1240. The van der Waals surface area contributed by atoms with Gasteiger partial charge in [0.1, 0.15) is 0 Å². The van der Waals surface area contributed by atoms with E-state index in [1.807, 2.05) is 9.47 Å². The smallest absolute Gasteiger partial charge is 0.323 e. The summed E-state index contributed by atoms with van der Waals surface area (Å²) in [5.41, 5.74) is 2.50. The summed E-state index contributed by atoms with van der Waals surface area (Å²) in [6.07, 6.45) is 2.93. The average Bonchev–Trinajstić information content (AvgIpc) is 2.85. The van der Waals surface area contributed by atoms with Gasteiger partial charge in [0.2, 0.25) is 5.91 Å². The molecule has 2 fully saturated rings. The second-order valence-corrected chi connectivity index (χ2v) is 9.84. The minimum absolute atomic E-state index is 0.0365. The van der Waals surface area contributed by atoms with Gasteiger partial charge in [0.15, 0.2) is 0 Å². The summed E-state index contributed by atoms with van der Waals surface area (Å²) < 4.78 is 1.83. The summed E-state index contributed by atoms with van der Waals surface area (Å²) in [7, 11) is 0. The molecule has 2 aromatic rings. The number of pyridine rings is 1. The molecule has 1 aromatic heterocycles. The van der Waals surface area contributed by atoms with Crippen molar-refractivity contribution in [2.24, 2.45) is 5.92 Å². The normalized spacial score (nSPS) is 22.1. The number of carbonyl (C=O) groups is 2. The van der Waals surface area contributed by atoms with Gasteiger partial charge < -0.3 is 20.1 Å². The quantitative estimate of drug-likeness (QED) is 0.711. The van der Waals surface area contributed by atoms with Gasteiger partial charge in [-0.3, -0.25) is 14.5 Å². The number of urea groups is 1. The first-order chi connectivity index (χ1) is 16.9. The van der Waals surface area contributed by atoms with Gasteiger partial charge in [-0.2, -0.15) is 5.26 Å². The molecule has 9 nitrogen and oxygen atoms in total. The zero-order chi connectivity index (χ0) is 24.5. The molecule has 1 aromatic carbocycles. The summed E-state index contributed by atoms with van der Waals surface area (Å²) in [6, 6.07) is 12.1. The summed E-state index contributed by atoms with van der Waals surface area (Å²) >= 11 is 0. The predicted octanol–water partition coefficient (Wildman–Crippen LogP) is 2.79. The Morgan fingerprint density at radius 1 is 1.06 bits per heavy atom. The maximum atomic E-state index is 12.8. The van der Waals surface area contributed by atoms with E-state index in [2.05, 4.69) is 21.6 Å². The Balaban J connectivity index is 1.33. The third-order valence-electron chi connectivity index (χ3n) is 7.54. The lowest BCUT2D eigenvalue weighted by molar-refractivity contribution is -0.130. The fraction of sp³-hybridized carbons (Fsp3) is 0.462. The summed E-state index contributed by atoms with van der Waals surface area (Å²) in [6.45, 7) is 5.66. The summed E-state index contributed by atoms with van der Waals surface area (Å²) in [4.78, 5) is 41.7. The lowest BCUT2D eigenvalue weighted by atomic mass is 9.81. The van der Waals surface area contributed by atoms with Crippen LogP contribution in [0.1, 0.15) is 43.4 Å². The van der Waals surface area contributed by atoms with E-state index in [0.29, 0.717) is 35.4 Å². The Morgan fingerprint density at radius 2 is 1.86 bits per heavy atom. The number of nitrogens with one attached hydrogen (secondary N) is 2. The number of likely N-dealkylation sites (tertiary alicyclic amines) is 2. The molecule has 2 atom stereocenters. The van der Waals surface area contributed by atoms with Crippen molar-refractivity contribution in [1.29, 1.82) is 5.26 Å². The summed E-state index contributed by atoms with van der Waals surface area (Å²) in [5, 5.41) is 14.8. The van der Waals surface area contributed by atoms with Crippen LogP contribution >= 0.6 is 0 Å². The van der Waals surface area contributed by atoms with Crippen LogP contribution in [0.3, 0.4) is 0 Å². The monoisotopic (exact) mass is 474 g/mol. The molecule has 0 spiro atoms. The maximum Gasteiger partial charge on any atom is 0.323 e. The van der Waals surface area contributed by atoms with E-state index in [4.69, 9.17) is 5.26 Å². The highest BCUT2D eigenvalue weighted by Crippen LogP contribution is 2.40. The van der Waals surface area contributed by atoms with Gasteiger partial charge >= 0.3 is 6.03 Å². The fourth-order valence-electron chi connectivity index (χ4n) is 5.95. The zero-order valence-electron chi connectivity index (χ0n) is 19.9. The number of hydrogen-bond donors (Lipinski definition) is 2. The standard InChI is InChI=1S/C26H30N6O3/c1-17(33)30-9-7-22(8-10-30)31-14-19-11-20(16-31)25-23(5-6-24(34)32(25)15-19)29-26(35)28-21-4-2-3-18(12-21)13-27/h2-6,12,19-20,22H,7-11,14-16H2,1H3,(H2,28,29,35)/t19-,20-/m1/s1. The van der Waals surface area contributed by atoms with Gasteiger partial charge in [-0.25, -0.2) is 4.79 Å². The minimum atomic E-state index is -0.409. The molecule has 2 bridgehead atoms. The number of fused-ring (bicyclic) bond motifs is 4. The number of aromatic nitrogens is 1. The Morgan fingerprint density at radius 3 is 2.60 bits per heavy atom. The van der Waals surface area contributed by atoms with Crippen LogP contribution < -0.4 is 16.2 Å². The molecule has 182 valence electrons. The number of piperidine rings is 2. The van der Waals surface area contributed by atoms with E-state index in [1.54, 1.807) is 37.3 Å². The second kappa shape index (κ2) is 9.55. The highest BCUT2D eigenvalue weighted by Gasteiger charge is 2.39. The van der Waals surface area contributed by atoms with Crippen molar-refractivity contribution in [3.63, 3.8) is 0 Å². The van der Waals surface area contributed by atoms with Gasteiger partial charge in [0.05, 0.1) is 17.3 Å². The molecule has 35 heavy (non-hydrogen) atoms. The summed E-state index contributed by atoms with van der Waals surface area (Å²) in [5.74, 6) is 0.683. The molecule has 3 aliphatic heterocycles. The van der Waals surface area contributed by atoms with Gasteiger partial charge in [-0.1, -0.05) is 6.07 Å². The van der Waals surface area contributed by atoms with E-state index in [-0.39, 0.29) is 17.4 Å². The molecular formula is C26H30N6O3. The minimum Gasteiger partial charge on any atom is -0.343 e. The van der Waals surface area contributed by atoms with Crippen LogP contribution in [0.15, 0.2) is 41.2 Å². The van der Waals surface area contributed by atoms with Crippen molar-refractivity contribution in [3.8, 4) is 6.07 Å². The largest absolute Gasteiger partial charge is 0.343 e. The molecule has 9 heteroatoms. The predicted molar refractivity (Wildman–Crippen MR) is 132 cm³/mol. The van der Waals surface area contributed by atoms with Crippen LogP contribution in [-0.4, -0.2) is 58.5 Å². The molecule has 0 unspecified atom stereocenters. The second-order valence-electron chi connectivity index (χ2n) is 9.84. The van der Waals surface area contributed by atoms with Gasteiger partial charge in [-0.15, -0.1) is 0 Å². The van der Waals surface area contributed by atoms with E-state index < -0.39 is 6.03 Å². The molecule has 4 heterocycles. The number of benzene rings is 1. The van der Waals surface area contributed by atoms with Crippen molar-refractivity contribution < 1.29 is 9.59 Å². The first kappa shape index (κ1) is 23.1. The van der Waals surface area contributed by atoms with E-state index in [0.717, 1.165) is 51.1 Å². The van der Waals surface area contributed by atoms with E-state index >= 15 is 0 Å². The van der Waals surface area contributed by atoms with Crippen molar-refractivity contribution in [2.45, 2.75) is 44.7 Å². The molecule has 0 saturated carbocycles. The fourth-order valence-corrected chi connectivity index (χ4v) is 5.95. The number of rotatable bonds is 3. The van der Waals surface area contributed by atoms with Gasteiger partial charge in [0, 0.05) is 69.1 Å². The topological polar surface area (TPSA) is 110 Å². The van der Waals surface area contributed by atoms with Crippen LogP contribution in [0.4, 0.5) is 16.2 Å². The molecule has 3 amide bonds. The Hall–Kier alpha value is -3.64. The molecule has 5 rings (SSSR count). The van der Waals surface area contributed by atoms with Crippen molar-refractivity contribution in [2.75, 3.05) is 36.8 Å². The van der Waals surface area contributed by atoms with Crippen molar-refractivity contribution in [1.82, 2.24) is 14.4 Å². The highest BCUT2D eigenvalue weighted by molar-refractivity contribution is 6.00. The molecule has 2 saturated heterocycles.